The minimum absolute atomic E-state index is 0.0689. The number of fused-ring (bicyclic) bond motifs is 1. The summed E-state index contributed by atoms with van der Waals surface area (Å²) in [5.41, 5.74) is 0.758. The molecule has 0 saturated heterocycles. The van der Waals surface area contributed by atoms with Crippen molar-refractivity contribution in [3.63, 3.8) is 0 Å². The van der Waals surface area contributed by atoms with Crippen LogP contribution >= 0.6 is 0 Å². The summed E-state index contributed by atoms with van der Waals surface area (Å²) < 4.78 is 5.27. The first kappa shape index (κ1) is 14.9. The van der Waals surface area contributed by atoms with Crippen molar-refractivity contribution in [3.8, 4) is 5.88 Å². The number of nitrogens with zero attached hydrogens (tertiary/aromatic N) is 7. The van der Waals surface area contributed by atoms with Crippen LogP contribution in [0.2, 0.25) is 0 Å². The molecule has 0 saturated carbocycles. The van der Waals surface area contributed by atoms with Gasteiger partial charge in [0.15, 0.2) is 5.52 Å². The van der Waals surface area contributed by atoms with Crippen molar-refractivity contribution >= 4 is 23.2 Å². The molecule has 0 aliphatic heterocycles. The standard InChI is InChI=1S/C12H19N7O2/c1-7(2)19-15-8-9(16-19)13-11(17(3)4)14-10(8)21-12(20)18(5)6/h7H,1-6H3. The largest absolute Gasteiger partial charge is 0.416 e. The first-order valence-corrected chi connectivity index (χ1v) is 6.50. The third-order valence-electron chi connectivity index (χ3n) is 2.63. The lowest BCUT2D eigenvalue weighted by atomic mass is 10.4. The van der Waals surface area contributed by atoms with Crippen molar-refractivity contribution in [2.75, 3.05) is 33.1 Å². The summed E-state index contributed by atoms with van der Waals surface area (Å²) in [6, 6.07) is 0.0689. The van der Waals surface area contributed by atoms with Crippen molar-refractivity contribution in [1.29, 1.82) is 0 Å². The second-order valence-corrected chi connectivity index (χ2v) is 5.27. The van der Waals surface area contributed by atoms with Gasteiger partial charge in [0.2, 0.25) is 11.6 Å². The average molecular weight is 293 g/mol. The highest BCUT2D eigenvalue weighted by atomic mass is 16.6. The third-order valence-corrected chi connectivity index (χ3v) is 2.63. The summed E-state index contributed by atoms with van der Waals surface area (Å²) in [4.78, 5) is 24.8. The second-order valence-electron chi connectivity index (χ2n) is 5.27. The van der Waals surface area contributed by atoms with Crippen LogP contribution in [0.25, 0.3) is 11.2 Å². The first-order valence-electron chi connectivity index (χ1n) is 6.50. The van der Waals surface area contributed by atoms with Gasteiger partial charge in [0.25, 0.3) is 5.88 Å². The van der Waals surface area contributed by atoms with Crippen LogP contribution < -0.4 is 9.64 Å². The highest BCUT2D eigenvalue weighted by Crippen LogP contribution is 2.23. The van der Waals surface area contributed by atoms with Crippen molar-refractivity contribution < 1.29 is 9.53 Å². The van der Waals surface area contributed by atoms with Crippen LogP contribution in [0, 0.1) is 0 Å². The van der Waals surface area contributed by atoms with E-state index >= 15 is 0 Å². The molecule has 0 atom stereocenters. The van der Waals surface area contributed by atoms with Crippen LogP contribution in [-0.2, 0) is 0 Å². The summed E-state index contributed by atoms with van der Waals surface area (Å²) >= 11 is 0. The predicted molar refractivity (Wildman–Crippen MR) is 77.5 cm³/mol. The molecule has 0 unspecified atom stereocenters. The Morgan fingerprint density at radius 1 is 1.14 bits per heavy atom. The Hall–Kier alpha value is -2.45. The molecule has 2 aromatic heterocycles. The van der Waals surface area contributed by atoms with Crippen LogP contribution in [0.4, 0.5) is 10.7 Å². The van der Waals surface area contributed by atoms with Crippen LogP contribution in [0.1, 0.15) is 19.9 Å². The minimum atomic E-state index is -0.529. The predicted octanol–water partition coefficient (Wildman–Crippen LogP) is 0.929. The molecular formula is C12H19N7O2. The Kier molecular flexibility index (Phi) is 3.92. The lowest BCUT2D eigenvalue weighted by Crippen LogP contribution is -2.26. The molecule has 0 N–H and O–H groups in total. The van der Waals surface area contributed by atoms with Crippen LogP contribution in [0.3, 0.4) is 0 Å². The molecule has 0 bridgehead atoms. The average Bonchev–Trinajstić information content (AvgIpc) is 2.82. The Bertz CT molecular complexity index is 663. The number of rotatable bonds is 3. The van der Waals surface area contributed by atoms with Crippen molar-refractivity contribution in [1.82, 2.24) is 29.9 Å². The zero-order valence-electron chi connectivity index (χ0n) is 13.0. The quantitative estimate of drug-likeness (QED) is 0.831. The lowest BCUT2D eigenvalue weighted by Gasteiger charge is -2.13. The number of anilines is 1. The molecule has 0 fully saturated rings. The monoisotopic (exact) mass is 293 g/mol. The van der Waals surface area contributed by atoms with Gasteiger partial charge in [0.05, 0.1) is 6.04 Å². The highest BCUT2D eigenvalue weighted by Gasteiger charge is 2.19. The van der Waals surface area contributed by atoms with E-state index in [1.54, 1.807) is 33.1 Å². The van der Waals surface area contributed by atoms with Crippen LogP contribution in [-0.4, -0.2) is 64.1 Å². The van der Waals surface area contributed by atoms with Gasteiger partial charge in [-0.25, -0.2) is 4.79 Å². The number of amides is 1. The van der Waals surface area contributed by atoms with Crippen molar-refractivity contribution in [2.45, 2.75) is 19.9 Å². The van der Waals surface area contributed by atoms with Gasteiger partial charge in [-0.2, -0.15) is 14.8 Å². The molecule has 0 radical (unpaired) electrons. The molecule has 2 heterocycles. The van der Waals surface area contributed by atoms with Crippen molar-refractivity contribution in [3.05, 3.63) is 0 Å². The Labute approximate surface area is 122 Å². The van der Waals surface area contributed by atoms with Crippen molar-refractivity contribution in [2.24, 2.45) is 0 Å². The van der Waals surface area contributed by atoms with E-state index in [1.807, 2.05) is 13.8 Å². The van der Waals surface area contributed by atoms with Gasteiger partial charge in [-0.15, -0.1) is 10.2 Å². The summed E-state index contributed by atoms with van der Waals surface area (Å²) in [6.45, 7) is 3.90. The number of aromatic nitrogens is 5. The minimum Gasteiger partial charge on any atom is -0.388 e. The maximum atomic E-state index is 11.8. The molecular weight excluding hydrogens is 274 g/mol. The second kappa shape index (κ2) is 5.51. The van der Waals surface area contributed by atoms with Crippen LogP contribution in [0.15, 0.2) is 0 Å². The molecule has 0 aliphatic carbocycles. The normalized spacial score (nSPS) is 11.0. The highest BCUT2D eigenvalue weighted by molar-refractivity contribution is 5.80. The fraction of sp³-hybridized carbons (Fsp3) is 0.583. The SMILES string of the molecule is CC(C)n1nc2nc(N(C)C)nc(OC(=O)N(C)C)c2n1. The summed E-state index contributed by atoms with van der Waals surface area (Å²) in [6.07, 6.45) is -0.529. The lowest BCUT2D eigenvalue weighted by molar-refractivity contribution is 0.170. The molecule has 0 spiro atoms. The molecule has 2 rings (SSSR count). The topological polar surface area (TPSA) is 89.3 Å². The fourth-order valence-corrected chi connectivity index (χ4v) is 1.47. The van der Waals surface area contributed by atoms with Crippen LogP contribution in [0.5, 0.6) is 5.88 Å². The number of hydrogen-bond donors (Lipinski definition) is 0. The summed E-state index contributed by atoms with van der Waals surface area (Å²) in [5, 5.41) is 8.58. The summed E-state index contributed by atoms with van der Waals surface area (Å²) in [5.74, 6) is 0.508. The van der Waals surface area contributed by atoms with Gasteiger partial charge in [0, 0.05) is 28.2 Å². The molecule has 2 aromatic rings. The summed E-state index contributed by atoms with van der Waals surface area (Å²) in [7, 11) is 6.79. The molecule has 1 amide bonds. The Balaban J connectivity index is 2.56. The fourth-order valence-electron chi connectivity index (χ4n) is 1.47. The van der Waals surface area contributed by atoms with E-state index in [1.165, 1.54) is 9.70 Å². The maximum absolute atomic E-state index is 11.8. The first-order chi connectivity index (χ1) is 9.79. The van der Waals surface area contributed by atoms with E-state index in [-0.39, 0.29) is 11.9 Å². The van der Waals surface area contributed by atoms with Gasteiger partial charge in [-0.1, -0.05) is 0 Å². The van der Waals surface area contributed by atoms with Gasteiger partial charge < -0.3 is 14.5 Å². The third kappa shape index (κ3) is 3.01. The Morgan fingerprint density at radius 3 is 2.33 bits per heavy atom. The molecule has 21 heavy (non-hydrogen) atoms. The van der Waals surface area contributed by atoms with Gasteiger partial charge in [-0.3, -0.25) is 0 Å². The zero-order valence-corrected chi connectivity index (χ0v) is 13.0. The zero-order chi connectivity index (χ0) is 15.7. The van der Waals surface area contributed by atoms with E-state index in [0.717, 1.165) is 0 Å². The Morgan fingerprint density at radius 2 is 1.81 bits per heavy atom. The van der Waals surface area contributed by atoms with E-state index in [9.17, 15) is 4.79 Å². The molecule has 114 valence electrons. The van der Waals surface area contributed by atoms with E-state index in [0.29, 0.717) is 17.1 Å². The molecule has 0 aromatic carbocycles. The van der Waals surface area contributed by atoms with Gasteiger partial charge >= 0.3 is 6.09 Å². The molecule has 9 heteroatoms. The molecule has 9 nitrogen and oxygen atoms in total. The number of carbonyl (C=O) groups is 1. The number of hydrogen-bond acceptors (Lipinski definition) is 7. The van der Waals surface area contributed by atoms with E-state index in [4.69, 9.17) is 4.74 Å². The number of carbonyl (C=O) groups excluding carboxylic acids is 1. The maximum Gasteiger partial charge on any atom is 0.416 e. The van der Waals surface area contributed by atoms with E-state index in [2.05, 4.69) is 20.2 Å². The van der Waals surface area contributed by atoms with E-state index < -0.39 is 6.09 Å². The van der Waals surface area contributed by atoms with Gasteiger partial charge in [-0.05, 0) is 13.8 Å². The smallest absolute Gasteiger partial charge is 0.388 e. The number of ether oxygens (including phenoxy) is 1. The van der Waals surface area contributed by atoms with Gasteiger partial charge in [0.1, 0.15) is 0 Å². The molecule has 0 aliphatic rings.